The Balaban J connectivity index is 2.36. The first kappa shape index (κ1) is 24.0. The normalized spacial score (nSPS) is 22.8. The second-order valence-electron chi connectivity index (χ2n) is 6.60. The minimum absolute atomic E-state index is 0.0617. The van der Waals surface area contributed by atoms with E-state index in [-0.39, 0.29) is 5.56 Å². The maximum atomic E-state index is 12.4. The SMILES string of the molecule is O=[N+]([O-])c1ccc(N=NC2(S(=O)(=O)O)C=Cc3ccccc3C2(O)S(=O)(=O)O)c([N+](=O)[O-])c1. The third-order valence-corrected chi connectivity index (χ3v) is 7.45. The summed E-state index contributed by atoms with van der Waals surface area (Å²) < 4.78 is 68.9. The number of benzene rings is 2. The molecule has 0 saturated carbocycles. The van der Waals surface area contributed by atoms with Crippen molar-refractivity contribution in [1.82, 2.24) is 0 Å². The van der Waals surface area contributed by atoms with Crippen LogP contribution in [0.4, 0.5) is 17.1 Å². The quantitative estimate of drug-likeness (QED) is 0.224. The molecule has 15 nitrogen and oxygen atoms in total. The minimum atomic E-state index is -5.79. The fourth-order valence-corrected chi connectivity index (χ4v) is 5.60. The van der Waals surface area contributed by atoms with E-state index >= 15 is 0 Å². The second-order valence-corrected chi connectivity index (χ2v) is 9.71. The van der Waals surface area contributed by atoms with Crippen molar-refractivity contribution in [2.45, 2.75) is 9.80 Å². The monoisotopic (exact) mass is 500 g/mol. The molecule has 2 aromatic rings. The molecule has 17 heteroatoms. The molecule has 0 amide bonds. The number of aliphatic hydroxyl groups is 1. The molecule has 0 saturated heterocycles. The van der Waals surface area contributed by atoms with Crippen LogP contribution in [0, 0.1) is 20.2 Å². The molecule has 0 fully saturated rings. The van der Waals surface area contributed by atoms with E-state index in [1.165, 1.54) is 18.2 Å². The highest BCUT2D eigenvalue weighted by Crippen LogP contribution is 2.50. The van der Waals surface area contributed by atoms with Crippen molar-refractivity contribution in [3.63, 3.8) is 0 Å². The first-order valence-corrected chi connectivity index (χ1v) is 11.3. The van der Waals surface area contributed by atoms with Gasteiger partial charge in [0, 0.05) is 11.6 Å². The van der Waals surface area contributed by atoms with Gasteiger partial charge >= 0.3 is 25.9 Å². The van der Waals surface area contributed by atoms with Crippen LogP contribution < -0.4 is 0 Å². The zero-order chi connectivity index (χ0) is 24.8. The molecule has 174 valence electrons. The average Bonchev–Trinajstić information content (AvgIpc) is 2.71. The molecule has 2 atom stereocenters. The summed E-state index contributed by atoms with van der Waals surface area (Å²) in [6.45, 7) is 0. The summed E-state index contributed by atoms with van der Waals surface area (Å²) in [4.78, 5) is 12.6. The first-order valence-electron chi connectivity index (χ1n) is 8.46. The second kappa shape index (κ2) is 7.74. The molecule has 3 rings (SSSR count). The van der Waals surface area contributed by atoms with E-state index in [0.29, 0.717) is 18.2 Å². The van der Waals surface area contributed by atoms with Gasteiger partial charge in [0.1, 0.15) is 0 Å². The molecular weight excluding hydrogens is 488 g/mol. The van der Waals surface area contributed by atoms with Crippen molar-refractivity contribution >= 4 is 43.4 Å². The molecule has 1 aliphatic carbocycles. The van der Waals surface area contributed by atoms with Gasteiger partial charge in [0.25, 0.3) is 15.5 Å². The summed E-state index contributed by atoms with van der Waals surface area (Å²) in [6, 6.07) is 6.75. The number of nitro groups is 2. The number of nitrogens with zero attached hydrogens (tertiary/aromatic N) is 4. The largest absolute Gasteiger partial charge is 0.366 e. The van der Waals surface area contributed by atoms with Crippen LogP contribution in [-0.4, -0.2) is 45.8 Å². The Kier molecular flexibility index (Phi) is 5.63. The van der Waals surface area contributed by atoms with Crippen molar-refractivity contribution in [3.05, 3.63) is 79.9 Å². The Morgan fingerprint density at radius 2 is 1.55 bits per heavy atom. The van der Waals surface area contributed by atoms with E-state index in [9.17, 15) is 51.3 Å². The summed E-state index contributed by atoms with van der Waals surface area (Å²) in [7, 11) is -11.6. The number of rotatable bonds is 6. The summed E-state index contributed by atoms with van der Waals surface area (Å²) in [5.74, 6) is 0. The van der Waals surface area contributed by atoms with Crippen LogP contribution in [0.1, 0.15) is 11.1 Å². The third-order valence-electron chi connectivity index (χ3n) is 4.74. The average molecular weight is 500 g/mol. The number of nitro benzene ring substituents is 2. The van der Waals surface area contributed by atoms with Gasteiger partial charge in [-0.2, -0.15) is 21.9 Å². The van der Waals surface area contributed by atoms with Crippen LogP contribution >= 0.6 is 0 Å². The van der Waals surface area contributed by atoms with Crippen molar-refractivity contribution in [1.29, 1.82) is 0 Å². The van der Waals surface area contributed by atoms with E-state index in [1.807, 2.05) is 0 Å². The summed E-state index contributed by atoms with van der Waals surface area (Å²) >= 11 is 0. The fourth-order valence-electron chi connectivity index (χ4n) is 3.18. The lowest BCUT2D eigenvalue weighted by Gasteiger charge is -2.39. The van der Waals surface area contributed by atoms with E-state index in [2.05, 4.69) is 10.2 Å². The van der Waals surface area contributed by atoms with Gasteiger partial charge in [0.2, 0.25) is 0 Å². The highest BCUT2D eigenvalue weighted by molar-refractivity contribution is 7.91. The van der Waals surface area contributed by atoms with Crippen LogP contribution in [0.15, 0.2) is 58.8 Å². The Hall–Kier alpha value is -3.64. The molecular formula is C16H12N4O11S2. The summed E-state index contributed by atoms with van der Waals surface area (Å²) in [5, 5.41) is 39.8. The standard InChI is InChI=1S/C16H12N4O11S2/c21-16(33(29,30)31)12-4-2-1-3-10(12)7-8-15(16,32(26,27)28)18-17-13-6-5-11(19(22)23)9-14(13)20(24)25/h1-9,21H,(H,26,27,28)(H,29,30,31). The fraction of sp³-hybridized carbons (Fsp3) is 0.125. The highest BCUT2D eigenvalue weighted by Gasteiger charge is 2.69. The van der Waals surface area contributed by atoms with Gasteiger partial charge in [-0.25, -0.2) is 0 Å². The zero-order valence-corrected chi connectivity index (χ0v) is 17.5. The lowest BCUT2D eigenvalue weighted by Crippen LogP contribution is -2.59. The Morgan fingerprint density at radius 1 is 0.909 bits per heavy atom. The zero-order valence-electron chi connectivity index (χ0n) is 15.9. The summed E-state index contributed by atoms with van der Waals surface area (Å²) in [6.07, 6.45) is 1.39. The molecule has 2 unspecified atom stereocenters. The maximum absolute atomic E-state index is 12.4. The predicted octanol–water partition coefficient (Wildman–Crippen LogP) is 1.93. The molecule has 3 N–H and O–H groups in total. The molecule has 0 bridgehead atoms. The van der Waals surface area contributed by atoms with E-state index in [4.69, 9.17) is 0 Å². The molecule has 0 radical (unpaired) electrons. The number of hydrogen-bond donors (Lipinski definition) is 3. The van der Waals surface area contributed by atoms with Crippen molar-refractivity contribution in [2.24, 2.45) is 10.2 Å². The molecule has 2 aromatic carbocycles. The lowest BCUT2D eigenvalue weighted by molar-refractivity contribution is -0.393. The molecule has 0 spiro atoms. The van der Waals surface area contributed by atoms with E-state index < -0.39 is 62.5 Å². The number of fused-ring (bicyclic) bond motifs is 1. The molecule has 0 heterocycles. The smallest absolute Gasteiger partial charge is 0.303 e. The predicted molar refractivity (Wildman–Crippen MR) is 109 cm³/mol. The topological polar surface area (TPSA) is 240 Å². The highest BCUT2D eigenvalue weighted by atomic mass is 32.2. The Morgan fingerprint density at radius 3 is 2.09 bits per heavy atom. The van der Waals surface area contributed by atoms with Crippen LogP contribution in [0.25, 0.3) is 6.08 Å². The van der Waals surface area contributed by atoms with Crippen LogP contribution in [0.3, 0.4) is 0 Å². The maximum Gasteiger partial charge on any atom is 0.303 e. The van der Waals surface area contributed by atoms with Gasteiger partial charge in [-0.15, -0.1) is 5.11 Å². The minimum Gasteiger partial charge on any atom is -0.366 e. The van der Waals surface area contributed by atoms with Gasteiger partial charge in [-0.05, 0) is 17.7 Å². The number of non-ortho nitro benzene ring substituents is 1. The van der Waals surface area contributed by atoms with Crippen LogP contribution in [-0.2, 0) is 25.2 Å². The van der Waals surface area contributed by atoms with Crippen molar-refractivity contribution < 1.29 is 40.9 Å². The van der Waals surface area contributed by atoms with Crippen LogP contribution in [0.5, 0.6) is 0 Å². The van der Waals surface area contributed by atoms with Crippen LogP contribution in [0.2, 0.25) is 0 Å². The van der Waals surface area contributed by atoms with Gasteiger partial charge in [0.15, 0.2) is 5.69 Å². The van der Waals surface area contributed by atoms with Crippen molar-refractivity contribution in [3.8, 4) is 0 Å². The molecule has 0 aromatic heterocycles. The Bertz CT molecular complexity index is 1450. The third kappa shape index (κ3) is 3.66. The van der Waals surface area contributed by atoms with Gasteiger partial charge in [0.05, 0.1) is 15.9 Å². The summed E-state index contributed by atoms with van der Waals surface area (Å²) in [5.41, 5.74) is -3.27. The molecule has 1 aliphatic rings. The van der Waals surface area contributed by atoms with E-state index in [0.717, 1.165) is 18.2 Å². The molecule has 0 aliphatic heterocycles. The lowest BCUT2D eigenvalue weighted by atomic mass is 9.90. The molecule has 33 heavy (non-hydrogen) atoms. The number of hydrogen-bond acceptors (Lipinski definition) is 11. The Labute approximate surface area is 184 Å². The van der Waals surface area contributed by atoms with E-state index in [1.54, 1.807) is 0 Å². The first-order chi connectivity index (χ1) is 15.2. The number of azo groups is 1. The van der Waals surface area contributed by atoms with Gasteiger partial charge in [-0.1, -0.05) is 30.3 Å². The van der Waals surface area contributed by atoms with Gasteiger partial charge < -0.3 is 5.11 Å². The van der Waals surface area contributed by atoms with Gasteiger partial charge in [-0.3, -0.25) is 29.3 Å². The van der Waals surface area contributed by atoms with Crippen molar-refractivity contribution in [2.75, 3.05) is 0 Å².